The number of hydrogen-bond donors (Lipinski definition) is 3. The lowest BCUT2D eigenvalue weighted by Gasteiger charge is -2.09. The molecule has 0 amide bonds. The van der Waals surface area contributed by atoms with Crippen molar-refractivity contribution in [1.29, 1.82) is 0 Å². The molecule has 4 rings (SSSR count). The number of halogens is 3. The van der Waals surface area contributed by atoms with Crippen LogP contribution in [0.2, 0.25) is 10.0 Å². The van der Waals surface area contributed by atoms with Gasteiger partial charge in [0.1, 0.15) is 0 Å². The zero-order valence-electron chi connectivity index (χ0n) is 12.9. The van der Waals surface area contributed by atoms with Crippen LogP contribution >= 0.6 is 39.1 Å². The minimum absolute atomic E-state index is 0.419. The highest BCUT2D eigenvalue weighted by molar-refractivity contribution is 9.10. The molecule has 1 fully saturated rings. The summed E-state index contributed by atoms with van der Waals surface area (Å²) in [5.41, 5.74) is 1.86. The maximum atomic E-state index is 6.02. The van der Waals surface area contributed by atoms with Crippen molar-refractivity contribution in [2.45, 2.75) is 18.8 Å². The van der Waals surface area contributed by atoms with Crippen molar-refractivity contribution in [3.05, 3.63) is 50.7 Å². The summed E-state index contributed by atoms with van der Waals surface area (Å²) in [6, 6.07) is 7.18. The average molecular weight is 440 g/mol. The van der Waals surface area contributed by atoms with E-state index in [2.05, 4.69) is 46.7 Å². The molecule has 128 valence electrons. The molecular formula is C16H13BrCl2N6. The van der Waals surface area contributed by atoms with E-state index in [0.717, 1.165) is 16.0 Å². The van der Waals surface area contributed by atoms with Gasteiger partial charge in [-0.1, -0.05) is 23.2 Å². The van der Waals surface area contributed by atoms with Gasteiger partial charge in [0.2, 0.25) is 5.95 Å². The van der Waals surface area contributed by atoms with Crippen LogP contribution in [-0.2, 0) is 0 Å². The number of aromatic nitrogens is 4. The Morgan fingerprint density at radius 1 is 1.08 bits per heavy atom. The third kappa shape index (κ3) is 4.05. The van der Waals surface area contributed by atoms with Gasteiger partial charge in [0.15, 0.2) is 11.6 Å². The molecule has 0 atom stereocenters. The first kappa shape index (κ1) is 16.6. The van der Waals surface area contributed by atoms with Gasteiger partial charge in [0.05, 0.1) is 4.47 Å². The second-order valence-corrected chi connectivity index (χ2v) is 7.51. The summed E-state index contributed by atoms with van der Waals surface area (Å²) in [4.78, 5) is 8.73. The molecule has 6 nitrogen and oxygen atoms in total. The molecule has 3 aromatic rings. The van der Waals surface area contributed by atoms with Crippen LogP contribution in [-0.4, -0.2) is 20.2 Å². The summed E-state index contributed by atoms with van der Waals surface area (Å²) in [6.07, 6.45) is 4.10. The topological polar surface area (TPSA) is 78.5 Å². The van der Waals surface area contributed by atoms with E-state index in [-0.39, 0.29) is 0 Å². The van der Waals surface area contributed by atoms with Gasteiger partial charge >= 0.3 is 0 Å². The van der Waals surface area contributed by atoms with Crippen molar-refractivity contribution in [2.24, 2.45) is 0 Å². The Labute approximate surface area is 162 Å². The normalized spacial score (nSPS) is 13.7. The first-order chi connectivity index (χ1) is 12.1. The Bertz CT molecular complexity index is 904. The molecule has 1 aliphatic carbocycles. The molecular weight excluding hydrogens is 427 g/mol. The van der Waals surface area contributed by atoms with E-state index in [9.17, 15) is 0 Å². The number of nitrogens with one attached hydrogen (secondary N) is 3. The number of anilines is 4. The highest BCUT2D eigenvalue weighted by Gasteiger charge is 2.25. The molecule has 0 radical (unpaired) electrons. The number of H-pyrrole nitrogens is 1. The molecule has 3 N–H and O–H groups in total. The van der Waals surface area contributed by atoms with Crippen LogP contribution in [0.4, 0.5) is 23.3 Å². The molecule has 1 saturated carbocycles. The molecule has 2 heterocycles. The Kier molecular flexibility index (Phi) is 4.54. The fourth-order valence-corrected chi connectivity index (χ4v) is 3.21. The van der Waals surface area contributed by atoms with E-state index in [1.54, 1.807) is 24.4 Å². The highest BCUT2D eigenvalue weighted by Crippen LogP contribution is 2.39. The lowest BCUT2D eigenvalue weighted by atomic mass is 10.3. The lowest BCUT2D eigenvalue weighted by molar-refractivity contribution is 0.966. The maximum absolute atomic E-state index is 6.02. The van der Waals surface area contributed by atoms with Crippen LogP contribution in [0.3, 0.4) is 0 Å². The molecule has 0 bridgehead atoms. The molecule has 1 aliphatic rings. The average Bonchev–Trinajstić information content (AvgIpc) is 3.30. The number of rotatable bonds is 5. The van der Waals surface area contributed by atoms with Crippen LogP contribution in [0.25, 0.3) is 0 Å². The largest absolute Gasteiger partial charge is 0.324 e. The molecule has 0 spiro atoms. The molecule has 25 heavy (non-hydrogen) atoms. The van der Waals surface area contributed by atoms with E-state index in [4.69, 9.17) is 23.2 Å². The van der Waals surface area contributed by atoms with Crippen molar-refractivity contribution < 1.29 is 0 Å². The Hall–Kier alpha value is -1.83. The molecule has 9 heteroatoms. The first-order valence-electron chi connectivity index (χ1n) is 7.65. The molecule has 1 aromatic carbocycles. The number of aromatic amines is 1. The highest BCUT2D eigenvalue weighted by atomic mass is 79.9. The van der Waals surface area contributed by atoms with E-state index >= 15 is 0 Å². The van der Waals surface area contributed by atoms with E-state index in [1.807, 2.05) is 6.07 Å². The fourth-order valence-electron chi connectivity index (χ4n) is 2.40. The van der Waals surface area contributed by atoms with Crippen LogP contribution in [0.1, 0.15) is 24.5 Å². The SMILES string of the molecule is Clc1cc(Cl)cc(Nc2ncc(Br)c(Nc3cc(C4CC4)[nH]n3)n2)c1. The number of hydrogen-bond acceptors (Lipinski definition) is 5. The smallest absolute Gasteiger partial charge is 0.229 e. The number of benzene rings is 1. The van der Waals surface area contributed by atoms with Crippen molar-refractivity contribution in [3.63, 3.8) is 0 Å². The Balaban J connectivity index is 1.54. The van der Waals surface area contributed by atoms with Crippen molar-refractivity contribution in [2.75, 3.05) is 10.6 Å². The summed E-state index contributed by atoms with van der Waals surface area (Å²) in [7, 11) is 0. The van der Waals surface area contributed by atoms with E-state index in [0.29, 0.717) is 33.4 Å². The fraction of sp³-hybridized carbons (Fsp3) is 0.188. The minimum atomic E-state index is 0.419. The van der Waals surface area contributed by atoms with Crippen molar-refractivity contribution in [1.82, 2.24) is 20.2 Å². The summed E-state index contributed by atoms with van der Waals surface area (Å²) < 4.78 is 0.734. The van der Waals surface area contributed by atoms with Gasteiger partial charge in [-0.15, -0.1) is 0 Å². The van der Waals surface area contributed by atoms with Gasteiger partial charge < -0.3 is 10.6 Å². The van der Waals surface area contributed by atoms with Gasteiger partial charge in [0, 0.05) is 39.6 Å². The summed E-state index contributed by atoms with van der Waals surface area (Å²) in [6.45, 7) is 0. The zero-order valence-corrected chi connectivity index (χ0v) is 16.0. The first-order valence-corrected chi connectivity index (χ1v) is 9.20. The summed E-state index contributed by atoms with van der Waals surface area (Å²) in [5, 5.41) is 14.7. The van der Waals surface area contributed by atoms with Gasteiger partial charge in [-0.3, -0.25) is 5.10 Å². The molecule has 0 saturated heterocycles. The van der Waals surface area contributed by atoms with Crippen molar-refractivity contribution >= 4 is 62.4 Å². The lowest BCUT2D eigenvalue weighted by Crippen LogP contribution is -2.01. The third-order valence-corrected chi connectivity index (χ3v) is 4.74. The monoisotopic (exact) mass is 438 g/mol. The van der Waals surface area contributed by atoms with Crippen LogP contribution < -0.4 is 10.6 Å². The van der Waals surface area contributed by atoms with Gasteiger partial charge in [0.25, 0.3) is 0 Å². The van der Waals surface area contributed by atoms with Crippen LogP contribution in [0.5, 0.6) is 0 Å². The van der Waals surface area contributed by atoms with Gasteiger partial charge in [-0.05, 0) is 47.0 Å². The maximum Gasteiger partial charge on any atom is 0.229 e. The van der Waals surface area contributed by atoms with Crippen LogP contribution in [0, 0.1) is 0 Å². The predicted octanol–water partition coefficient (Wildman–Crippen LogP) is 5.63. The number of nitrogens with zero attached hydrogens (tertiary/aromatic N) is 3. The molecule has 0 aliphatic heterocycles. The van der Waals surface area contributed by atoms with Crippen molar-refractivity contribution in [3.8, 4) is 0 Å². The van der Waals surface area contributed by atoms with E-state index in [1.165, 1.54) is 12.8 Å². The van der Waals surface area contributed by atoms with Gasteiger partial charge in [-0.2, -0.15) is 10.1 Å². The molecule has 2 aromatic heterocycles. The Morgan fingerprint density at radius 2 is 1.84 bits per heavy atom. The minimum Gasteiger partial charge on any atom is -0.324 e. The third-order valence-electron chi connectivity index (χ3n) is 3.72. The van der Waals surface area contributed by atoms with E-state index < -0.39 is 0 Å². The summed E-state index contributed by atoms with van der Waals surface area (Å²) >= 11 is 15.5. The second-order valence-electron chi connectivity index (χ2n) is 5.78. The Morgan fingerprint density at radius 3 is 2.56 bits per heavy atom. The second kappa shape index (κ2) is 6.82. The van der Waals surface area contributed by atoms with Crippen LogP contribution in [0.15, 0.2) is 34.9 Å². The standard InChI is InChI=1S/C16H13BrCl2N6/c17-12-7-20-16(21-11-4-9(18)3-10(19)5-11)23-15(12)22-14-6-13(24-25-14)8-1-2-8/h3-8H,1-2H2,(H3,20,21,22,23,24,25). The summed E-state index contributed by atoms with van der Waals surface area (Å²) in [5.74, 6) is 2.36. The zero-order chi connectivity index (χ0) is 17.4. The van der Waals surface area contributed by atoms with Gasteiger partial charge in [-0.25, -0.2) is 4.98 Å². The quantitative estimate of drug-likeness (QED) is 0.479. The predicted molar refractivity (Wildman–Crippen MR) is 103 cm³/mol. The molecule has 0 unspecified atom stereocenters.